The van der Waals surface area contributed by atoms with Gasteiger partial charge in [0.2, 0.25) is 0 Å². The molecule has 0 radical (unpaired) electrons. The number of ether oxygens (including phenoxy) is 1. The Bertz CT molecular complexity index is 781. The molecule has 0 aromatic heterocycles. The largest absolute Gasteiger partial charge is 0.494 e. The van der Waals surface area contributed by atoms with E-state index in [0.29, 0.717) is 4.47 Å². The van der Waals surface area contributed by atoms with Gasteiger partial charge in [-0.05, 0) is 30.3 Å². The zero-order valence-corrected chi connectivity index (χ0v) is 13.3. The smallest absolute Gasteiger partial charge is 0.264 e. The molecule has 0 atom stereocenters. The molecule has 0 aliphatic rings. The number of nitrogen functional groups attached to an aromatic ring is 1. The average molecular weight is 375 g/mol. The van der Waals surface area contributed by atoms with Crippen LogP contribution in [0.15, 0.2) is 45.8 Å². The fraction of sp³-hybridized carbons (Fsp3) is 0.0769. The van der Waals surface area contributed by atoms with Gasteiger partial charge in [0.05, 0.1) is 18.5 Å². The van der Waals surface area contributed by atoms with Crippen molar-refractivity contribution in [2.24, 2.45) is 0 Å². The first kappa shape index (κ1) is 15.6. The molecule has 3 N–H and O–H groups in total. The summed E-state index contributed by atoms with van der Waals surface area (Å²) in [6.07, 6.45) is 0. The molecular formula is C13H12BrFN2O3S. The van der Waals surface area contributed by atoms with Crippen molar-refractivity contribution in [3.63, 3.8) is 0 Å². The van der Waals surface area contributed by atoms with Gasteiger partial charge in [-0.2, -0.15) is 0 Å². The Morgan fingerprint density at radius 2 is 1.95 bits per heavy atom. The fourth-order valence-electron chi connectivity index (χ4n) is 1.71. The van der Waals surface area contributed by atoms with Gasteiger partial charge in [-0.15, -0.1) is 0 Å². The van der Waals surface area contributed by atoms with E-state index in [0.717, 1.165) is 12.1 Å². The molecule has 21 heavy (non-hydrogen) atoms. The summed E-state index contributed by atoms with van der Waals surface area (Å²) in [5, 5.41) is 0. The molecule has 0 unspecified atom stereocenters. The normalized spacial score (nSPS) is 11.2. The number of hydrogen-bond acceptors (Lipinski definition) is 4. The summed E-state index contributed by atoms with van der Waals surface area (Å²) in [5.41, 5.74) is 5.94. The lowest BCUT2D eigenvalue weighted by Crippen LogP contribution is -2.15. The number of nitrogens with one attached hydrogen (secondary N) is 1. The summed E-state index contributed by atoms with van der Waals surface area (Å²) >= 11 is 3.20. The summed E-state index contributed by atoms with van der Waals surface area (Å²) in [6.45, 7) is 0. The topological polar surface area (TPSA) is 81.4 Å². The first-order chi connectivity index (χ1) is 9.83. The van der Waals surface area contributed by atoms with E-state index in [2.05, 4.69) is 20.7 Å². The van der Waals surface area contributed by atoms with Gasteiger partial charge in [0.1, 0.15) is 16.5 Å². The Balaban J connectivity index is 2.42. The Morgan fingerprint density at radius 1 is 1.24 bits per heavy atom. The van der Waals surface area contributed by atoms with Crippen LogP contribution < -0.4 is 15.2 Å². The third-order valence-electron chi connectivity index (χ3n) is 2.67. The van der Waals surface area contributed by atoms with Crippen LogP contribution in [-0.4, -0.2) is 15.5 Å². The van der Waals surface area contributed by atoms with Gasteiger partial charge < -0.3 is 10.5 Å². The van der Waals surface area contributed by atoms with Gasteiger partial charge >= 0.3 is 0 Å². The van der Waals surface area contributed by atoms with Crippen molar-refractivity contribution in [1.29, 1.82) is 0 Å². The molecule has 0 saturated carbocycles. The van der Waals surface area contributed by atoms with Crippen molar-refractivity contribution in [1.82, 2.24) is 0 Å². The third-order valence-corrected chi connectivity index (χ3v) is 4.60. The predicted octanol–water partition coefficient (Wildman–Crippen LogP) is 2.98. The monoisotopic (exact) mass is 374 g/mol. The first-order valence-electron chi connectivity index (χ1n) is 5.75. The van der Waals surface area contributed by atoms with Crippen LogP contribution in [0.25, 0.3) is 0 Å². The fourth-order valence-corrected chi connectivity index (χ4v) is 3.28. The van der Waals surface area contributed by atoms with Crippen molar-refractivity contribution in [2.75, 3.05) is 17.6 Å². The van der Waals surface area contributed by atoms with E-state index in [1.54, 1.807) is 6.07 Å². The van der Waals surface area contributed by atoms with Gasteiger partial charge in [0.15, 0.2) is 0 Å². The van der Waals surface area contributed by atoms with E-state index in [1.165, 1.54) is 25.3 Å². The first-order valence-corrected chi connectivity index (χ1v) is 8.02. The highest BCUT2D eigenvalue weighted by Gasteiger charge is 2.19. The van der Waals surface area contributed by atoms with Crippen molar-refractivity contribution in [2.45, 2.75) is 4.90 Å². The van der Waals surface area contributed by atoms with Crippen LogP contribution in [0.1, 0.15) is 0 Å². The van der Waals surface area contributed by atoms with Gasteiger partial charge in [-0.3, -0.25) is 4.72 Å². The Morgan fingerprint density at radius 3 is 2.57 bits per heavy atom. The number of halogens is 2. The number of anilines is 2. The summed E-state index contributed by atoms with van der Waals surface area (Å²) in [4.78, 5) is -0.0721. The summed E-state index contributed by atoms with van der Waals surface area (Å²) in [6, 6.07) is 7.91. The molecule has 0 fully saturated rings. The van der Waals surface area contributed by atoms with Crippen molar-refractivity contribution in [3.8, 4) is 5.75 Å². The second kappa shape index (κ2) is 5.90. The van der Waals surface area contributed by atoms with Crippen LogP contribution in [0.2, 0.25) is 0 Å². The van der Waals surface area contributed by atoms with E-state index < -0.39 is 15.8 Å². The number of rotatable bonds is 4. The summed E-state index contributed by atoms with van der Waals surface area (Å²) in [7, 11) is -2.58. The molecule has 112 valence electrons. The van der Waals surface area contributed by atoms with Gasteiger partial charge in [-0.1, -0.05) is 15.9 Å². The lowest BCUT2D eigenvalue weighted by Gasteiger charge is -2.13. The molecule has 0 amide bonds. The molecular weight excluding hydrogens is 363 g/mol. The van der Waals surface area contributed by atoms with Gasteiger partial charge in [0, 0.05) is 10.5 Å². The number of hydrogen-bond donors (Lipinski definition) is 2. The maximum Gasteiger partial charge on any atom is 0.264 e. The molecule has 0 bridgehead atoms. The SMILES string of the molecule is COc1cc(F)ccc1NS(=O)(=O)c1ccc(Br)cc1N. The number of methoxy groups -OCH3 is 1. The zero-order valence-electron chi connectivity index (χ0n) is 10.9. The van der Waals surface area contributed by atoms with Gasteiger partial charge in [-0.25, -0.2) is 12.8 Å². The van der Waals surface area contributed by atoms with Crippen LogP contribution >= 0.6 is 15.9 Å². The molecule has 2 rings (SSSR count). The highest BCUT2D eigenvalue weighted by atomic mass is 79.9. The molecule has 0 spiro atoms. The standard InChI is InChI=1S/C13H12BrFN2O3S/c1-20-12-7-9(15)3-4-11(12)17-21(18,19)13-5-2-8(14)6-10(13)16/h2-7,17H,16H2,1H3. The molecule has 8 heteroatoms. The van der Waals surface area contributed by atoms with Crippen LogP contribution in [0.5, 0.6) is 5.75 Å². The number of sulfonamides is 1. The second-order valence-corrected chi connectivity index (χ2v) is 6.70. The van der Waals surface area contributed by atoms with E-state index in [1.807, 2.05) is 0 Å². The number of nitrogens with two attached hydrogens (primary N) is 1. The Labute approximate surface area is 130 Å². The zero-order chi connectivity index (χ0) is 15.6. The van der Waals surface area contributed by atoms with E-state index in [-0.39, 0.29) is 22.0 Å². The van der Waals surface area contributed by atoms with Crippen LogP contribution in [0, 0.1) is 5.82 Å². The average Bonchev–Trinajstić information content (AvgIpc) is 2.40. The van der Waals surface area contributed by atoms with E-state index in [9.17, 15) is 12.8 Å². The lowest BCUT2D eigenvalue weighted by molar-refractivity contribution is 0.413. The minimum Gasteiger partial charge on any atom is -0.494 e. The molecule has 0 saturated heterocycles. The van der Waals surface area contributed by atoms with E-state index >= 15 is 0 Å². The Hall–Kier alpha value is -1.80. The predicted molar refractivity (Wildman–Crippen MR) is 82.3 cm³/mol. The molecule has 0 aliphatic carbocycles. The van der Waals surface area contributed by atoms with Crippen LogP contribution in [-0.2, 0) is 10.0 Å². The maximum absolute atomic E-state index is 13.1. The van der Waals surface area contributed by atoms with Crippen LogP contribution in [0.3, 0.4) is 0 Å². The van der Waals surface area contributed by atoms with Gasteiger partial charge in [0.25, 0.3) is 10.0 Å². The quantitative estimate of drug-likeness (QED) is 0.806. The molecule has 2 aromatic carbocycles. The molecule has 0 heterocycles. The highest BCUT2D eigenvalue weighted by Crippen LogP contribution is 2.29. The minimum atomic E-state index is -3.90. The second-order valence-electron chi connectivity index (χ2n) is 4.13. The van der Waals surface area contributed by atoms with E-state index in [4.69, 9.17) is 10.5 Å². The third kappa shape index (κ3) is 3.45. The summed E-state index contributed by atoms with van der Waals surface area (Å²) < 4.78 is 45.7. The van der Waals surface area contributed by atoms with Crippen molar-refractivity contribution >= 4 is 37.3 Å². The Kier molecular flexibility index (Phi) is 4.38. The highest BCUT2D eigenvalue weighted by molar-refractivity contribution is 9.10. The van der Waals surface area contributed by atoms with Crippen LogP contribution in [0.4, 0.5) is 15.8 Å². The maximum atomic E-state index is 13.1. The lowest BCUT2D eigenvalue weighted by atomic mass is 10.3. The number of benzene rings is 2. The summed E-state index contributed by atoms with van der Waals surface area (Å²) in [5.74, 6) is -0.452. The van der Waals surface area contributed by atoms with Crippen molar-refractivity contribution < 1.29 is 17.5 Å². The molecule has 5 nitrogen and oxygen atoms in total. The molecule has 0 aliphatic heterocycles. The minimum absolute atomic E-state index is 0.0721. The van der Waals surface area contributed by atoms with Crippen molar-refractivity contribution in [3.05, 3.63) is 46.7 Å². The molecule has 2 aromatic rings.